The third kappa shape index (κ3) is 4.16. The van der Waals surface area contributed by atoms with E-state index < -0.39 is 30.3 Å². The van der Waals surface area contributed by atoms with Crippen LogP contribution in [-0.4, -0.2) is 23.8 Å². The molecule has 0 radical (unpaired) electrons. The van der Waals surface area contributed by atoms with Gasteiger partial charge in [0, 0.05) is 6.54 Å². The normalized spacial score (nSPS) is 14.3. The third-order valence-electron chi connectivity index (χ3n) is 2.30. The van der Waals surface area contributed by atoms with Crippen LogP contribution >= 0.6 is 11.6 Å². The molecule has 4 nitrogen and oxygen atoms in total. The Balaban J connectivity index is 2.82. The number of nitrogens with zero attached hydrogens (tertiary/aromatic N) is 1. The lowest BCUT2D eigenvalue weighted by Gasteiger charge is -2.20. The summed E-state index contributed by atoms with van der Waals surface area (Å²) in [6.45, 7) is -0.690. The Kier molecular flexibility index (Phi) is 4.82. The monoisotopic (exact) mass is 299 g/mol. The molecule has 0 fully saturated rings. The van der Waals surface area contributed by atoms with Crippen molar-refractivity contribution < 1.29 is 22.8 Å². The summed E-state index contributed by atoms with van der Waals surface area (Å²) in [5, 5.41) is 13.0. The third-order valence-corrected chi connectivity index (χ3v) is 2.61. The lowest BCUT2D eigenvalue weighted by Crippen LogP contribution is -2.40. The SMILES string of the molecule is N/C(=N/O)C(CNc1ccc(F)cc1Cl)C(F)(F)F. The van der Waals surface area contributed by atoms with Gasteiger partial charge in [0.2, 0.25) is 0 Å². The zero-order valence-corrected chi connectivity index (χ0v) is 10.1. The van der Waals surface area contributed by atoms with Crippen molar-refractivity contribution in [3.63, 3.8) is 0 Å². The van der Waals surface area contributed by atoms with Crippen molar-refractivity contribution in [1.82, 2.24) is 0 Å². The number of alkyl halides is 3. The maximum absolute atomic E-state index is 12.8. The molecule has 1 aromatic rings. The van der Waals surface area contributed by atoms with Crippen molar-refractivity contribution in [2.75, 3.05) is 11.9 Å². The lowest BCUT2D eigenvalue weighted by atomic mass is 10.1. The van der Waals surface area contributed by atoms with Crippen LogP contribution < -0.4 is 11.1 Å². The summed E-state index contributed by atoms with van der Waals surface area (Å²) in [6.07, 6.45) is -4.68. The molecule has 9 heteroatoms. The van der Waals surface area contributed by atoms with Crippen LogP contribution in [0.25, 0.3) is 0 Å². The molecule has 1 atom stereocenters. The van der Waals surface area contributed by atoms with Crippen LogP contribution in [0, 0.1) is 11.7 Å². The molecule has 19 heavy (non-hydrogen) atoms. The minimum absolute atomic E-state index is 0.0690. The number of oxime groups is 1. The molecular formula is C10H10ClF4N3O. The van der Waals surface area contributed by atoms with Crippen molar-refractivity contribution in [2.24, 2.45) is 16.8 Å². The van der Waals surface area contributed by atoms with Gasteiger partial charge in [0.05, 0.1) is 10.7 Å². The molecule has 1 aromatic carbocycles. The Labute approximate surface area is 110 Å². The molecule has 0 saturated heterocycles. The standard InChI is InChI=1S/C10H10ClF4N3O/c11-7-3-5(12)1-2-8(7)17-4-6(9(16)18-19)10(13,14)15/h1-3,6,17,19H,4H2,(H2,16,18). The second-order valence-electron chi connectivity index (χ2n) is 3.62. The molecule has 0 spiro atoms. The molecule has 106 valence electrons. The summed E-state index contributed by atoms with van der Waals surface area (Å²) in [5.74, 6) is -3.77. The summed E-state index contributed by atoms with van der Waals surface area (Å²) >= 11 is 5.65. The minimum atomic E-state index is -4.68. The van der Waals surface area contributed by atoms with E-state index in [1.807, 2.05) is 0 Å². The summed E-state index contributed by atoms with van der Waals surface area (Å²) in [7, 11) is 0. The topological polar surface area (TPSA) is 70.6 Å². The summed E-state index contributed by atoms with van der Waals surface area (Å²) < 4.78 is 50.6. The van der Waals surface area contributed by atoms with E-state index in [2.05, 4.69) is 10.5 Å². The average Bonchev–Trinajstić information content (AvgIpc) is 2.29. The van der Waals surface area contributed by atoms with E-state index in [0.29, 0.717) is 0 Å². The van der Waals surface area contributed by atoms with Crippen molar-refractivity contribution in [2.45, 2.75) is 6.18 Å². The van der Waals surface area contributed by atoms with Crippen molar-refractivity contribution in [3.8, 4) is 0 Å². The first-order chi connectivity index (χ1) is 8.75. The quantitative estimate of drug-likeness (QED) is 0.263. The van der Waals surface area contributed by atoms with Gasteiger partial charge < -0.3 is 16.3 Å². The van der Waals surface area contributed by atoms with E-state index in [1.165, 1.54) is 6.07 Å². The first-order valence-corrected chi connectivity index (χ1v) is 5.36. The molecule has 0 amide bonds. The Morgan fingerprint density at radius 1 is 1.47 bits per heavy atom. The number of anilines is 1. The Morgan fingerprint density at radius 2 is 2.11 bits per heavy atom. The van der Waals surface area contributed by atoms with Gasteiger partial charge in [-0.25, -0.2) is 4.39 Å². The molecule has 0 aliphatic carbocycles. The fourth-order valence-electron chi connectivity index (χ4n) is 1.30. The van der Waals surface area contributed by atoms with Crippen LogP contribution in [-0.2, 0) is 0 Å². The number of hydrogen-bond donors (Lipinski definition) is 3. The Bertz CT molecular complexity index is 478. The number of rotatable bonds is 4. The predicted molar refractivity (Wildman–Crippen MR) is 62.9 cm³/mol. The van der Waals surface area contributed by atoms with Crippen LogP contribution in [0.4, 0.5) is 23.2 Å². The van der Waals surface area contributed by atoms with Crippen LogP contribution in [0.5, 0.6) is 0 Å². The molecule has 0 aliphatic rings. The van der Waals surface area contributed by atoms with E-state index in [4.69, 9.17) is 22.5 Å². The molecule has 0 aliphatic heterocycles. The summed E-state index contributed by atoms with van der Waals surface area (Å²) in [4.78, 5) is 0. The molecule has 1 rings (SSSR count). The molecule has 0 aromatic heterocycles. The molecule has 0 saturated carbocycles. The zero-order chi connectivity index (χ0) is 14.6. The number of halogens is 5. The van der Waals surface area contributed by atoms with Crippen molar-refractivity contribution in [1.29, 1.82) is 0 Å². The predicted octanol–water partition coefficient (Wildman–Crippen LogP) is 2.82. The highest BCUT2D eigenvalue weighted by Crippen LogP contribution is 2.28. The molecule has 0 heterocycles. The maximum Gasteiger partial charge on any atom is 0.400 e. The first kappa shape index (κ1) is 15.4. The van der Waals surface area contributed by atoms with Gasteiger partial charge in [-0.15, -0.1) is 0 Å². The van der Waals surface area contributed by atoms with Crippen LogP contribution in [0.2, 0.25) is 5.02 Å². The average molecular weight is 300 g/mol. The highest BCUT2D eigenvalue weighted by molar-refractivity contribution is 6.33. The number of nitrogens with one attached hydrogen (secondary N) is 1. The van der Waals surface area contributed by atoms with E-state index in [0.717, 1.165) is 12.1 Å². The largest absolute Gasteiger partial charge is 0.409 e. The fourth-order valence-corrected chi connectivity index (χ4v) is 1.54. The minimum Gasteiger partial charge on any atom is -0.409 e. The zero-order valence-electron chi connectivity index (χ0n) is 9.38. The Morgan fingerprint density at radius 3 is 2.58 bits per heavy atom. The molecule has 0 bridgehead atoms. The highest BCUT2D eigenvalue weighted by atomic mass is 35.5. The summed E-state index contributed by atoms with van der Waals surface area (Å²) in [6, 6.07) is 3.19. The van der Waals surface area contributed by atoms with E-state index >= 15 is 0 Å². The van der Waals surface area contributed by atoms with E-state index in [9.17, 15) is 17.6 Å². The molecular weight excluding hydrogens is 290 g/mol. The van der Waals surface area contributed by atoms with Gasteiger partial charge in [0.1, 0.15) is 11.7 Å². The van der Waals surface area contributed by atoms with Gasteiger partial charge in [0.25, 0.3) is 0 Å². The number of hydrogen-bond acceptors (Lipinski definition) is 3. The van der Waals surface area contributed by atoms with Gasteiger partial charge in [0.15, 0.2) is 5.84 Å². The second kappa shape index (κ2) is 5.96. The van der Waals surface area contributed by atoms with E-state index in [1.54, 1.807) is 0 Å². The van der Waals surface area contributed by atoms with Gasteiger partial charge in [-0.2, -0.15) is 13.2 Å². The van der Waals surface area contributed by atoms with E-state index in [-0.39, 0.29) is 10.7 Å². The molecule has 4 N–H and O–H groups in total. The van der Waals surface area contributed by atoms with Gasteiger partial charge >= 0.3 is 6.18 Å². The fraction of sp³-hybridized carbons (Fsp3) is 0.300. The summed E-state index contributed by atoms with van der Waals surface area (Å²) in [5.41, 5.74) is 5.09. The van der Waals surface area contributed by atoms with Crippen molar-refractivity contribution >= 4 is 23.1 Å². The first-order valence-electron chi connectivity index (χ1n) is 4.98. The van der Waals surface area contributed by atoms with Gasteiger partial charge in [-0.05, 0) is 18.2 Å². The second-order valence-corrected chi connectivity index (χ2v) is 4.03. The van der Waals surface area contributed by atoms with Gasteiger partial charge in [-0.1, -0.05) is 16.8 Å². The van der Waals surface area contributed by atoms with Crippen LogP contribution in [0.1, 0.15) is 0 Å². The molecule has 1 unspecified atom stereocenters. The number of nitrogens with two attached hydrogens (primary N) is 1. The number of benzene rings is 1. The van der Waals surface area contributed by atoms with Gasteiger partial charge in [-0.3, -0.25) is 0 Å². The lowest BCUT2D eigenvalue weighted by molar-refractivity contribution is -0.152. The van der Waals surface area contributed by atoms with Crippen molar-refractivity contribution in [3.05, 3.63) is 29.0 Å². The maximum atomic E-state index is 12.8. The van der Waals surface area contributed by atoms with Crippen LogP contribution in [0.15, 0.2) is 23.4 Å². The highest BCUT2D eigenvalue weighted by Gasteiger charge is 2.42. The smallest absolute Gasteiger partial charge is 0.400 e. The Hall–Kier alpha value is -1.70. The number of amidine groups is 1. The van der Waals surface area contributed by atoms with Crippen LogP contribution in [0.3, 0.4) is 0 Å².